The normalized spacial score (nSPS) is 10.7. The molecule has 0 saturated carbocycles. The van der Waals surface area contributed by atoms with Gasteiger partial charge in [0.25, 0.3) is 11.8 Å². The van der Waals surface area contributed by atoms with Crippen molar-refractivity contribution in [3.05, 3.63) is 96.6 Å². The molecule has 2 amide bonds. The van der Waals surface area contributed by atoms with E-state index in [1.807, 2.05) is 0 Å². The first kappa shape index (κ1) is 25.7. The number of hydrogen-bond donors (Lipinski definition) is 2. The van der Waals surface area contributed by atoms with Gasteiger partial charge < -0.3 is 10.1 Å². The molecule has 7 nitrogen and oxygen atoms in total. The predicted octanol–water partition coefficient (Wildman–Crippen LogP) is 5.21. The third kappa shape index (κ3) is 7.05. The maximum absolute atomic E-state index is 13.2. The van der Waals surface area contributed by atoms with Gasteiger partial charge in [-0.05, 0) is 74.3 Å². The second-order valence-electron chi connectivity index (χ2n) is 6.66. The molecule has 0 aliphatic heterocycles. The molecule has 11 heteroatoms. The minimum absolute atomic E-state index is 0.0896. The van der Waals surface area contributed by atoms with E-state index in [1.54, 1.807) is 36.4 Å². The molecule has 0 aliphatic carbocycles. The molecule has 0 aliphatic rings. The second-order valence-corrected chi connectivity index (χ2v) is 9.29. The fourth-order valence-electron chi connectivity index (χ4n) is 2.66. The van der Waals surface area contributed by atoms with Gasteiger partial charge in [0.2, 0.25) is 0 Å². The van der Waals surface area contributed by atoms with Crippen LogP contribution in [-0.2, 0) is 4.79 Å². The summed E-state index contributed by atoms with van der Waals surface area (Å²) in [5.74, 6) is -2.16. The molecule has 3 aromatic rings. The Kier molecular flexibility index (Phi) is 9.08. The van der Waals surface area contributed by atoms with E-state index in [9.17, 15) is 18.8 Å². The van der Waals surface area contributed by atoms with Crippen molar-refractivity contribution in [1.82, 2.24) is 10.7 Å². The standard InChI is InChI=1S/C23H15Br3FN3O4/c24-15-8-14(21(19(26)10-15)34-23(33)17-6-1-2-7-18(17)25)11-29-30-20(31)12-28-22(32)13-4-3-5-16(27)9-13/h1-11H,12H2,(H,28,32)(H,30,31)/b29-11-. The maximum Gasteiger partial charge on any atom is 0.344 e. The van der Waals surface area contributed by atoms with Crippen molar-refractivity contribution < 1.29 is 23.5 Å². The lowest BCUT2D eigenvalue weighted by molar-refractivity contribution is -0.120. The molecule has 2 N–H and O–H groups in total. The van der Waals surface area contributed by atoms with Gasteiger partial charge in [-0.2, -0.15) is 5.10 Å². The summed E-state index contributed by atoms with van der Waals surface area (Å²) in [4.78, 5) is 36.7. The molecule has 34 heavy (non-hydrogen) atoms. The van der Waals surface area contributed by atoms with Crippen LogP contribution in [0.15, 0.2) is 79.2 Å². The molecular weight excluding hydrogens is 641 g/mol. The largest absolute Gasteiger partial charge is 0.421 e. The molecule has 0 saturated heterocycles. The number of hydrazone groups is 1. The van der Waals surface area contributed by atoms with E-state index in [2.05, 4.69) is 63.6 Å². The average Bonchev–Trinajstić information content (AvgIpc) is 2.79. The first-order valence-corrected chi connectivity index (χ1v) is 11.9. The van der Waals surface area contributed by atoms with Crippen LogP contribution in [0.1, 0.15) is 26.3 Å². The van der Waals surface area contributed by atoms with Crippen molar-refractivity contribution in [3.8, 4) is 5.75 Å². The number of benzene rings is 3. The number of esters is 1. The molecule has 0 bridgehead atoms. The smallest absolute Gasteiger partial charge is 0.344 e. The number of nitrogens with zero attached hydrogens (tertiary/aromatic N) is 1. The van der Waals surface area contributed by atoms with Crippen molar-refractivity contribution in [2.75, 3.05) is 6.54 Å². The zero-order valence-electron chi connectivity index (χ0n) is 17.2. The quantitative estimate of drug-likeness (QED) is 0.158. The van der Waals surface area contributed by atoms with Crippen molar-refractivity contribution in [1.29, 1.82) is 0 Å². The first-order chi connectivity index (χ1) is 16.2. The highest BCUT2D eigenvalue weighted by atomic mass is 79.9. The van der Waals surface area contributed by atoms with Crippen molar-refractivity contribution in [2.24, 2.45) is 5.10 Å². The number of nitrogens with one attached hydrogen (secondary N) is 2. The molecule has 0 unspecified atom stereocenters. The van der Waals surface area contributed by atoms with Gasteiger partial charge in [-0.25, -0.2) is 14.6 Å². The van der Waals surface area contributed by atoms with Crippen LogP contribution in [0, 0.1) is 5.82 Å². The molecule has 0 fully saturated rings. The Hall–Kier alpha value is -2.89. The third-order valence-electron chi connectivity index (χ3n) is 4.21. The SMILES string of the molecule is O=C(CNC(=O)c1cccc(F)c1)N/N=C\c1cc(Br)cc(Br)c1OC(=O)c1ccccc1Br. The van der Waals surface area contributed by atoms with Crippen LogP contribution < -0.4 is 15.5 Å². The summed E-state index contributed by atoms with van der Waals surface area (Å²) in [5.41, 5.74) is 3.09. The number of carbonyl (C=O) groups is 3. The molecule has 0 aromatic heterocycles. The summed E-state index contributed by atoms with van der Waals surface area (Å²) in [6.07, 6.45) is 1.30. The molecule has 0 heterocycles. The Bertz CT molecular complexity index is 1280. The lowest BCUT2D eigenvalue weighted by Gasteiger charge is -2.11. The highest BCUT2D eigenvalue weighted by Crippen LogP contribution is 2.33. The van der Waals surface area contributed by atoms with E-state index in [0.717, 1.165) is 6.07 Å². The summed E-state index contributed by atoms with van der Waals surface area (Å²) >= 11 is 10.0. The number of amides is 2. The monoisotopic (exact) mass is 653 g/mol. The minimum atomic E-state index is -0.609. The highest BCUT2D eigenvalue weighted by molar-refractivity contribution is 9.11. The Balaban J connectivity index is 1.66. The minimum Gasteiger partial charge on any atom is -0.421 e. The number of carbonyl (C=O) groups excluding carboxylic acids is 3. The average molecular weight is 656 g/mol. The van der Waals surface area contributed by atoms with Gasteiger partial charge in [0.15, 0.2) is 5.75 Å². The van der Waals surface area contributed by atoms with Crippen LogP contribution in [0.2, 0.25) is 0 Å². The maximum atomic E-state index is 13.2. The predicted molar refractivity (Wildman–Crippen MR) is 135 cm³/mol. The summed E-state index contributed by atoms with van der Waals surface area (Å²) in [5, 5.41) is 6.24. The second kappa shape index (κ2) is 12.0. The van der Waals surface area contributed by atoms with Crippen LogP contribution in [0.4, 0.5) is 4.39 Å². The Morgan fingerprint density at radius 2 is 1.74 bits per heavy atom. The zero-order valence-corrected chi connectivity index (χ0v) is 21.9. The third-order valence-corrected chi connectivity index (χ3v) is 5.95. The lowest BCUT2D eigenvalue weighted by atomic mass is 10.2. The number of hydrogen-bond acceptors (Lipinski definition) is 5. The topological polar surface area (TPSA) is 96.9 Å². The Labute approximate surface area is 219 Å². The molecule has 3 aromatic carbocycles. The van der Waals surface area contributed by atoms with Crippen LogP contribution >= 0.6 is 47.8 Å². The van der Waals surface area contributed by atoms with Gasteiger partial charge in [-0.3, -0.25) is 9.59 Å². The molecule has 174 valence electrons. The summed E-state index contributed by atoms with van der Waals surface area (Å²) in [6, 6.07) is 15.3. The number of ether oxygens (including phenoxy) is 1. The van der Waals surface area contributed by atoms with Crippen LogP contribution in [0.25, 0.3) is 0 Å². The number of halogens is 4. The molecule has 0 radical (unpaired) electrons. The van der Waals surface area contributed by atoms with E-state index in [4.69, 9.17) is 4.74 Å². The van der Waals surface area contributed by atoms with Crippen molar-refractivity contribution in [2.45, 2.75) is 0 Å². The van der Waals surface area contributed by atoms with E-state index < -0.39 is 23.6 Å². The van der Waals surface area contributed by atoms with Crippen LogP contribution in [-0.4, -0.2) is 30.5 Å². The Morgan fingerprint density at radius 3 is 2.47 bits per heavy atom. The van der Waals surface area contributed by atoms with E-state index in [1.165, 1.54) is 24.4 Å². The molecular formula is C23H15Br3FN3O4. The van der Waals surface area contributed by atoms with E-state index in [-0.39, 0.29) is 17.9 Å². The highest BCUT2D eigenvalue weighted by Gasteiger charge is 2.17. The van der Waals surface area contributed by atoms with Gasteiger partial charge in [0, 0.05) is 20.1 Å². The fraction of sp³-hybridized carbons (Fsp3) is 0.0435. The van der Waals surface area contributed by atoms with E-state index >= 15 is 0 Å². The van der Waals surface area contributed by atoms with Gasteiger partial charge in [-0.1, -0.05) is 34.1 Å². The number of rotatable bonds is 7. The van der Waals surface area contributed by atoms with Crippen LogP contribution in [0.3, 0.4) is 0 Å². The zero-order chi connectivity index (χ0) is 24.7. The molecule has 0 spiro atoms. The summed E-state index contributed by atoms with van der Waals surface area (Å²) in [7, 11) is 0. The lowest BCUT2D eigenvalue weighted by Crippen LogP contribution is -2.34. The summed E-state index contributed by atoms with van der Waals surface area (Å²) < 4.78 is 20.5. The van der Waals surface area contributed by atoms with Crippen LogP contribution in [0.5, 0.6) is 5.75 Å². The fourth-order valence-corrected chi connectivity index (χ4v) is 4.45. The Morgan fingerprint density at radius 1 is 0.971 bits per heavy atom. The first-order valence-electron chi connectivity index (χ1n) is 9.56. The van der Waals surface area contributed by atoms with Gasteiger partial charge >= 0.3 is 5.97 Å². The summed E-state index contributed by atoms with van der Waals surface area (Å²) in [6.45, 7) is -0.376. The van der Waals surface area contributed by atoms with Gasteiger partial charge in [0.05, 0.1) is 22.8 Å². The van der Waals surface area contributed by atoms with Gasteiger partial charge in [-0.15, -0.1) is 0 Å². The van der Waals surface area contributed by atoms with E-state index in [0.29, 0.717) is 24.5 Å². The van der Waals surface area contributed by atoms with Crippen molar-refractivity contribution >= 4 is 71.8 Å². The van der Waals surface area contributed by atoms with Crippen molar-refractivity contribution in [3.63, 3.8) is 0 Å². The van der Waals surface area contributed by atoms with Gasteiger partial charge in [0.1, 0.15) is 5.82 Å². The molecule has 3 rings (SSSR count). The molecule has 0 atom stereocenters.